The number of aromatic nitrogens is 3. The molecule has 2 aromatic heterocycles. The minimum Gasteiger partial charge on any atom is -0.496 e. The van der Waals surface area contributed by atoms with E-state index in [9.17, 15) is 14.0 Å². The maximum absolute atomic E-state index is 15.5. The van der Waals surface area contributed by atoms with Gasteiger partial charge in [-0.2, -0.15) is 0 Å². The molecule has 49 heavy (non-hydrogen) atoms. The van der Waals surface area contributed by atoms with Gasteiger partial charge in [0.25, 0.3) is 5.91 Å². The summed E-state index contributed by atoms with van der Waals surface area (Å²) in [4.78, 5) is 36.2. The van der Waals surface area contributed by atoms with Gasteiger partial charge in [-0.1, -0.05) is 35.3 Å². The van der Waals surface area contributed by atoms with Gasteiger partial charge in [0.2, 0.25) is 5.91 Å². The summed E-state index contributed by atoms with van der Waals surface area (Å²) < 4.78 is 35.5. The fourth-order valence-electron chi connectivity index (χ4n) is 6.43. The SMILES string of the molecule is COc1cc(-c2nccc(-c3cccc(NC(=O)c4nc5c(n4C)CCN(CCCF)C5)c3Cl)c2Cl)cc(F)c1CNC[C@H]1CCC(=O)N1. The third kappa shape index (κ3) is 7.42. The Morgan fingerprint density at radius 2 is 1.98 bits per heavy atom. The van der Waals surface area contributed by atoms with E-state index >= 15 is 4.39 Å². The average Bonchev–Trinajstić information content (AvgIpc) is 3.67. The molecule has 0 bridgehead atoms. The van der Waals surface area contributed by atoms with Gasteiger partial charge < -0.3 is 25.3 Å². The number of nitrogens with zero attached hydrogens (tertiary/aromatic N) is 4. The summed E-state index contributed by atoms with van der Waals surface area (Å²) in [6, 6.07) is 9.97. The number of rotatable bonds is 12. The molecule has 1 saturated heterocycles. The number of carbonyl (C=O) groups is 2. The van der Waals surface area contributed by atoms with Gasteiger partial charge in [-0.25, -0.2) is 9.37 Å². The molecule has 6 rings (SSSR count). The van der Waals surface area contributed by atoms with Crippen molar-refractivity contribution < 1.29 is 23.1 Å². The van der Waals surface area contributed by atoms with Crippen molar-refractivity contribution in [3.63, 3.8) is 0 Å². The maximum atomic E-state index is 15.5. The van der Waals surface area contributed by atoms with Crippen molar-refractivity contribution in [3.05, 3.63) is 81.2 Å². The van der Waals surface area contributed by atoms with Crippen molar-refractivity contribution in [2.45, 2.75) is 44.8 Å². The van der Waals surface area contributed by atoms with Crippen LogP contribution in [0.1, 0.15) is 46.8 Å². The molecule has 0 saturated carbocycles. The highest BCUT2D eigenvalue weighted by Gasteiger charge is 2.26. The normalized spacial score (nSPS) is 16.0. The monoisotopic (exact) mass is 711 g/mol. The summed E-state index contributed by atoms with van der Waals surface area (Å²) in [6.45, 7) is 2.33. The fraction of sp³-hybridized carbons (Fsp3) is 0.371. The maximum Gasteiger partial charge on any atom is 0.291 e. The van der Waals surface area contributed by atoms with Gasteiger partial charge in [-0.05, 0) is 37.1 Å². The Balaban J connectivity index is 1.22. The quantitative estimate of drug-likeness (QED) is 0.167. The Bertz CT molecular complexity index is 1890. The number of pyridine rings is 1. The van der Waals surface area contributed by atoms with E-state index in [1.807, 2.05) is 7.05 Å². The molecular formula is C35H37Cl2F2N7O3. The Morgan fingerprint density at radius 1 is 1.16 bits per heavy atom. The number of nitrogens with one attached hydrogen (secondary N) is 3. The lowest BCUT2D eigenvalue weighted by Crippen LogP contribution is -2.35. The second-order valence-electron chi connectivity index (χ2n) is 12.2. The number of hydrogen-bond donors (Lipinski definition) is 3. The number of fused-ring (bicyclic) bond motifs is 1. The lowest BCUT2D eigenvalue weighted by Gasteiger charge is -2.26. The fourth-order valence-corrected chi connectivity index (χ4v) is 7.03. The highest BCUT2D eigenvalue weighted by molar-refractivity contribution is 6.39. The van der Waals surface area contributed by atoms with Crippen LogP contribution in [0.3, 0.4) is 0 Å². The van der Waals surface area contributed by atoms with Crippen molar-refractivity contribution in [1.29, 1.82) is 0 Å². The van der Waals surface area contributed by atoms with Gasteiger partial charge >= 0.3 is 0 Å². The van der Waals surface area contributed by atoms with Crippen molar-refractivity contribution >= 4 is 40.7 Å². The number of anilines is 1. The number of hydrogen-bond acceptors (Lipinski definition) is 7. The molecule has 1 atom stereocenters. The Labute approximate surface area is 293 Å². The molecule has 3 N–H and O–H groups in total. The van der Waals surface area contributed by atoms with Crippen molar-refractivity contribution in [2.24, 2.45) is 7.05 Å². The first-order valence-electron chi connectivity index (χ1n) is 16.1. The number of imidazole rings is 1. The van der Waals surface area contributed by atoms with Crippen LogP contribution in [0.15, 0.2) is 42.6 Å². The third-order valence-electron chi connectivity index (χ3n) is 9.00. The van der Waals surface area contributed by atoms with Crippen LogP contribution in [0, 0.1) is 5.82 Å². The molecule has 258 valence electrons. The summed E-state index contributed by atoms with van der Waals surface area (Å²) in [5.41, 5.74) is 4.33. The Morgan fingerprint density at radius 3 is 2.73 bits per heavy atom. The molecule has 2 aliphatic heterocycles. The topological polar surface area (TPSA) is 113 Å². The lowest BCUT2D eigenvalue weighted by atomic mass is 10.0. The van der Waals surface area contributed by atoms with Crippen LogP contribution < -0.4 is 20.7 Å². The van der Waals surface area contributed by atoms with Crippen LogP contribution in [0.2, 0.25) is 10.0 Å². The minimum atomic E-state index is -0.494. The van der Waals surface area contributed by atoms with E-state index in [2.05, 4.69) is 30.8 Å². The standard InChI is InChI=1S/C35H37Cl2F2N7O3/c1-45-28-10-14-46(13-4-11-38)19-27(28)43-34(45)35(48)44-26-6-3-5-22(31(26)36)23-9-12-41-33(32(23)37)20-15-25(39)24(29(16-20)49-2)18-40-17-21-7-8-30(47)42-21/h3,5-6,9,12,15-16,21,40H,4,7-8,10-11,13-14,17-19H2,1-2H3,(H,42,47)(H,44,48)/t21-/m1/s1. The predicted octanol–water partition coefficient (Wildman–Crippen LogP) is 5.94. The molecule has 2 amide bonds. The number of amides is 2. The van der Waals surface area contributed by atoms with E-state index in [0.29, 0.717) is 78.3 Å². The number of alkyl halides is 1. The molecule has 2 aromatic carbocycles. The van der Waals surface area contributed by atoms with Gasteiger partial charge in [-0.15, -0.1) is 0 Å². The van der Waals surface area contributed by atoms with Crippen molar-refractivity contribution in [1.82, 2.24) is 30.1 Å². The molecular weight excluding hydrogens is 675 g/mol. The highest BCUT2D eigenvalue weighted by atomic mass is 35.5. The van der Waals surface area contributed by atoms with Crippen LogP contribution in [0.4, 0.5) is 14.5 Å². The van der Waals surface area contributed by atoms with Gasteiger partial charge in [0.15, 0.2) is 5.82 Å². The predicted molar refractivity (Wildman–Crippen MR) is 185 cm³/mol. The molecule has 2 aliphatic rings. The number of carbonyl (C=O) groups excluding carboxylic acids is 2. The van der Waals surface area contributed by atoms with Crippen molar-refractivity contribution in [2.75, 3.05) is 38.7 Å². The zero-order valence-corrected chi connectivity index (χ0v) is 28.7. The number of ether oxygens (including phenoxy) is 1. The number of halogens is 4. The molecule has 14 heteroatoms. The lowest BCUT2D eigenvalue weighted by molar-refractivity contribution is -0.119. The van der Waals surface area contributed by atoms with E-state index in [1.165, 1.54) is 13.2 Å². The van der Waals surface area contributed by atoms with Crippen molar-refractivity contribution in [3.8, 4) is 28.1 Å². The molecule has 4 aromatic rings. The molecule has 0 spiro atoms. The average molecular weight is 713 g/mol. The van der Waals surface area contributed by atoms with Crippen LogP contribution in [-0.2, 0) is 31.4 Å². The summed E-state index contributed by atoms with van der Waals surface area (Å²) >= 11 is 13.8. The molecule has 0 aliphatic carbocycles. The zero-order valence-electron chi connectivity index (χ0n) is 27.2. The number of methoxy groups -OCH3 is 1. The second-order valence-corrected chi connectivity index (χ2v) is 12.9. The smallest absolute Gasteiger partial charge is 0.291 e. The summed E-state index contributed by atoms with van der Waals surface area (Å²) in [6.07, 6.45) is 3.97. The minimum absolute atomic E-state index is 0.0107. The van der Waals surface area contributed by atoms with Crippen LogP contribution in [0.5, 0.6) is 5.75 Å². The van der Waals surface area contributed by atoms with Gasteiger partial charge in [0.05, 0.1) is 40.9 Å². The summed E-state index contributed by atoms with van der Waals surface area (Å²) in [5, 5.41) is 9.48. The van der Waals surface area contributed by atoms with Gasteiger partial charge in [0, 0.05) is 92.8 Å². The summed E-state index contributed by atoms with van der Waals surface area (Å²) in [5.74, 6) is -0.313. The van der Waals surface area contributed by atoms with Crippen LogP contribution in [-0.4, -0.2) is 70.7 Å². The molecule has 4 heterocycles. The third-order valence-corrected chi connectivity index (χ3v) is 9.79. The molecule has 0 radical (unpaired) electrons. The first kappa shape index (κ1) is 34.8. The Kier molecular flexibility index (Phi) is 10.8. The summed E-state index contributed by atoms with van der Waals surface area (Å²) in [7, 11) is 3.28. The van der Waals surface area contributed by atoms with Crippen LogP contribution >= 0.6 is 23.2 Å². The number of benzene rings is 2. The molecule has 0 unspecified atom stereocenters. The largest absolute Gasteiger partial charge is 0.496 e. The van der Waals surface area contributed by atoms with E-state index in [1.54, 1.807) is 41.1 Å². The highest BCUT2D eigenvalue weighted by Crippen LogP contribution is 2.41. The van der Waals surface area contributed by atoms with Crippen LogP contribution in [0.25, 0.3) is 22.4 Å². The zero-order chi connectivity index (χ0) is 34.7. The van der Waals surface area contributed by atoms with E-state index in [0.717, 1.165) is 24.4 Å². The first-order valence-corrected chi connectivity index (χ1v) is 16.9. The molecule has 10 nitrogen and oxygen atoms in total. The second kappa shape index (κ2) is 15.2. The van der Waals surface area contributed by atoms with Gasteiger partial charge in [0.1, 0.15) is 11.6 Å². The first-order chi connectivity index (χ1) is 23.7. The Hall–Kier alpha value is -4.10. The molecule has 1 fully saturated rings. The van der Waals surface area contributed by atoms with E-state index < -0.39 is 11.7 Å². The van der Waals surface area contributed by atoms with Gasteiger partial charge in [-0.3, -0.25) is 23.9 Å². The van der Waals surface area contributed by atoms with E-state index in [4.69, 9.17) is 27.9 Å². The van der Waals surface area contributed by atoms with E-state index in [-0.39, 0.29) is 41.0 Å².